The number of nitrogens with one attached hydrogen (secondary N) is 1. The summed E-state index contributed by atoms with van der Waals surface area (Å²) in [6.45, 7) is 1.91. The maximum atomic E-state index is 8.67. The predicted octanol–water partition coefficient (Wildman–Crippen LogP) is -1.48. The van der Waals surface area contributed by atoms with Crippen LogP contribution in [-0.2, 0) is 4.74 Å². The van der Waals surface area contributed by atoms with Gasteiger partial charge in [0.2, 0.25) is 0 Å². The zero-order valence-electron chi connectivity index (χ0n) is 4.96. The number of ether oxygens (including phenoxy) is 1. The van der Waals surface area contributed by atoms with Crippen LogP contribution in [0.1, 0.15) is 0 Å². The van der Waals surface area contributed by atoms with Crippen LogP contribution in [0.15, 0.2) is 0 Å². The Bertz CT molecular complexity index is 57.8. The summed E-state index contributed by atoms with van der Waals surface area (Å²) in [5.74, 6) is 0. The van der Waals surface area contributed by atoms with Crippen LogP contribution in [-0.4, -0.2) is 36.6 Å². The molecule has 58 valence electrons. The molecule has 1 heterocycles. The topological polar surface area (TPSA) is 73.0 Å². The van der Waals surface area contributed by atoms with Gasteiger partial charge in [0.25, 0.3) is 0 Å². The van der Waals surface area contributed by atoms with E-state index in [4.69, 9.17) is 9.84 Å². The predicted molar refractivity (Wildman–Crippen MR) is 35.7 cm³/mol. The van der Waals surface area contributed by atoms with Crippen molar-refractivity contribution >= 4 is 12.4 Å². The summed E-state index contributed by atoms with van der Waals surface area (Å²) in [7, 11) is 0. The Hall–Kier alpha value is 0.130. The molecule has 0 aromatic carbocycles. The minimum Gasteiger partial charge on any atom is -0.412 e. The lowest BCUT2D eigenvalue weighted by molar-refractivity contribution is -0.0161. The smallest absolute Gasteiger partial charge is 0.128 e. The highest BCUT2D eigenvalue weighted by molar-refractivity contribution is 5.85. The van der Waals surface area contributed by atoms with Crippen molar-refractivity contribution in [3.05, 3.63) is 0 Å². The van der Waals surface area contributed by atoms with Gasteiger partial charge in [-0.05, 0) is 0 Å². The Morgan fingerprint density at radius 3 is 2.44 bits per heavy atom. The van der Waals surface area contributed by atoms with Gasteiger partial charge < -0.3 is 15.3 Å². The van der Waals surface area contributed by atoms with E-state index in [1.165, 1.54) is 0 Å². The zero-order valence-corrected chi connectivity index (χ0v) is 5.78. The van der Waals surface area contributed by atoms with Crippen LogP contribution in [0.2, 0.25) is 0 Å². The average molecular weight is 158 g/mol. The lowest BCUT2D eigenvalue weighted by atomic mass is 10.5. The summed E-state index contributed by atoms with van der Waals surface area (Å²) in [5, 5.41) is 11.5. The van der Waals surface area contributed by atoms with Crippen molar-refractivity contribution in [3.63, 3.8) is 0 Å². The Labute approximate surface area is 59.9 Å². The van der Waals surface area contributed by atoms with Crippen molar-refractivity contribution in [1.82, 2.24) is 5.32 Å². The van der Waals surface area contributed by atoms with E-state index >= 15 is 0 Å². The standard InChI is InChI=1S/C4H9NO2.ClH.H2O/c6-4-3-7-2-1-5-4;;/h4-6H,1-3H2;1H;1H2. The third kappa shape index (κ3) is 4.62. The number of aliphatic hydroxyl groups excluding tert-OH is 1. The van der Waals surface area contributed by atoms with E-state index in [1.807, 2.05) is 0 Å². The van der Waals surface area contributed by atoms with Crippen LogP contribution < -0.4 is 5.32 Å². The summed E-state index contributed by atoms with van der Waals surface area (Å²) in [5.41, 5.74) is 0. The molecule has 0 bridgehead atoms. The molecular weight excluding hydrogens is 146 g/mol. The van der Waals surface area contributed by atoms with E-state index < -0.39 is 6.23 Å². The first-order chi connectivity index (χ1) is 3.39. The third-order valence-electron chi connectivity index (χ3n) is 0.902. The fourth-order valence-corrected chi connectivity index (χ4v) is 0.552. The van der Waals surface area contributed by atoms with Crippen molar-refractivity contribution in [1.29, 1.82) is 0 Å². The number of hydrogen-bond donors (Lipinski definition) is 2. The first-order valence-corrected chi connectivity index (χ1v) is 2.39. The van der Waals surface area contributed by atoms with E-state index in [0.29, 0.717) is 6.61 Å². The zero-order chi connectivity index (χ0) is 5.11. The van der Waals surface area contributed by atoms with Crippen LogP contribution in [0.3, 0.4) is 0 Å². The molecule has 1 atom stereocenters. The van der Waals surface area contributed by atoms with Gasteiger partial charge in [-0.25, -0.2) is 0 Å². The van der Waals surface area contributed by atoms with Gasteiger partial charge in [0, 0.05) is 6.54 Å². The molecule has 4 N–H and O–H groups in total. The molecule has 1 saturated heterocycles. The lowest BCUT2D eigenvalue weighted by Crippen LogP contribution is -2.40. The van der Waals surface area contributed by atoms with Crippen LogP contribution in [0.4, 0.5) is 0 Å². The molecule has 1 rings (SSSR count). The van der Waals surface area contributed by atoms with Gasteiger partial charge in [0.1, 0.15) is 6.23 Å². The Morgan fingerprint density at radius 2 is 2.22 bits per heavy atom. The fourth-order valence-electron chi connectivity index (χ4n) is 0.552. The molecule has 4 nitrogen and oxygen atoms in total. The molecule has 0 aliphatic carbocycles. The van der Waals surface area contributed by atoms with Gasteiger partial charge in [-0.2, -0.15) is 0 Å². The molecule has 0 saturated carbocycles. The molecule has 1 aliphatic rings. The van der Waals surface area contributed by atoms with Gasteiger partial charge >= 0.3 is 0 Å². The van der Waals surface area contributed by atoms with Crippen LogP contribution in [0, 0.1) is 0 Å². The number of aliphatic hydroxyl groups is 1. The van der Waals surface area contributed by atoms with E-state index in [2.05, 4.69) is 5.32 Å². The number of hydrogen-bond acceptors (Lipinski definition) is 3. The monoisotopic (exact) mass is 157 g/mol. The highest BCUT2D eigenvalue weighted by Crippen LogP contribution is 1.85. The molecule has 0 radical (unpaired) electrons. The van der Waals surface area contributed by atoms with Crippen LogP contribution in [0.5, 0.6) is 0 Å². The van der Waals surface area contributed by atoms with E-state index in [9.17, 15) is 0 Å². The van der Waals surface area contributed by atoms with Crippen molar-refractivity contribution in [3.8, 4) is 0 Å². The Kier molecular flexibility index (Phi) is 8.25. The second kappa shape index (κ2) is 6.25. The lowest BCUT2D eigenvalue weighted by Gasteiger charge is -2.17. The van der Waals surface area contributed by atoms with Crippen molar-refractivity contribution < 1.29 is 15.3 Å². The number of morpholine rings is 1. The molecule has 0 aromatic heterocycles. The van der Waals surface area contributed by atoms with Gasteiger partial charge in [0.05, 0.1) is 13.2 Å². The minimum absolute atomic E-state index is 0. The second-order valence-electron chi connectivity index (χ2n) is 1.54. The minimum atomic E-state index is -0.436. The third-order valence-corrected chi connectivity index (χ3v) is 0.902. The SMILES string of the molecule is Cl.O.OC1COCCN1. The largest absolute Gasteiger partial charge is 0.412 e. The summed E-state index contributed by atoms with van der Waals surface area (Å²) in [6, 6.07) is 0. The van der Waals surface area contributed by atoms with E-state index in [1.54, 1.807) is 0 Å². The quantitative estimate of drug-likeness (QED) is 0.451. The summed E-state index contributed by atoms with van der Waals surface area (Å²) < 4.78 is 4.87. The Morgan fingerprint density at radius 1 is 1.56 bits per heavy atom. The number of rotatable bonds is 0. The molecule has 0 amide bonds. The maximum Gasteiger partial charge on any atom is 0.128 e. The van der Waals surface area contributed by atoms with Gasteiger partial charge in [0.15, 0.2) is 0 Å². The van der Waals surface area contributed by atoms with E-state index in [0.717, 1.165) is 13.2 Å². The second-order valence-corrected chi connectivity index (χ2v) is 1.54. The van der Waals surface area contributed by atoms with Crippen molar-refractivity contribution in [2.75, 3.05) is 19.8 Å². The molecule has 5 heteroatoms. The molecule has 9 heavy (non-hydrogen) atoms. The average Bonchev–Trinajstić information content (AvgIpc) is 1.69. The van der Waals surface area contributed by atoms with Crippen molar-refractivity contribution in [2.24, 2.45) is 0 Å². The fraction of sp³-hybridized carbons (Fsp3) is 1.00. The molecule has 1 fully saturated rings. The highest BCUT2D eigenvalue weighted by atomic mass is 35.5. The molecule has 1 aliphatic heterocycles. The number of halogens is 1. The van der Waals surface area contributed by atoms with Crippen molar-refractivity contribution in [2.45, 2.75) is 6.23 Å². The maximum absolute atomic E-state index is 8.67. The van der Waals surface area contributed by atoms with E-state index in [-0.39, 0.29) is 17.9 Å². The van der Waals surface area contributed by atoms with Gasteiger partial charge in [-0.3, -0.25) is 5.32 Å². The molecular formula is C4H12ClNO3. The van der Waals surface area contributed by atoms with Crippen LogP contribution in [0.25, 0.3) is 0 Å². The summed E-state index contributed by atoms with van der Waals surface area (Å²) in [6.07, 6.45) is -0.436. The normalized spacial score (nSPS) is 25.7. The van der Waals surface area contributed by atoms with Gasteiger partial charge in [-0.1, -0.05) is 0 Å². The first kappa shape index (κ1) is 11.9. The summed E-state index contributed by atoms with van der Waals surface area (Å²) >= 11 is 0. The molecule has 0 spiro atoms. The molecule has 1 unspecified atom stereocenters. The first-order valence-electron chi connectivity index (χ1n) is 2.39. The summed E-state index contributed by atoms with van der Waals surface area (Å²) in [4.78, 5) is 0. The van der Waals surface area contributed by atoms with Crippen LogP contribution >= 0.6 is 12.4 Å². The highest BCUT2D eigenvalue weighted by Gasteiger charge is 2.06. The van der Waals surface area contributed by atoms with Gasteiger partial charge in [-0.15, -0.1) is 12.4 Å². The molecule has 0 aromatic rings. The Balaban J connectivity index is 0.